The second kappa shape index (κ2) is 10.7. The largest absolute Gasteiger partial charge is 0.441 e. The van der Waals surface area contributed by atoms with Crippen LogP contribution in [0.25, 0.3) is 17.4 Å². The summed E-state index contributed by atoms with van der Waals surface area (Å²) in [7, 11) is 0. The minimum Gasteiger partial charge on any atom is -0.441 e. The molecule has 2 aromatic carbocycles. The fraction of sp³-hybridized carbons (Fsp3) is 0.308. The maximum atomic E-state index is 12.6. The lowest BCUT2D eigenvalue weighted by Crippen LogP contribution is -2.48. The van der Waals surface area contributed by atoms with Gasteiger partial charge in [0, 0.05) is 51.1 Å². The molecule has 2 heterocycles. The number of carbonyl (C=O) groups excluding carboxylic acids is 1. The summed E-state index contributed by atoms with van der Waals surface area (Å²) < 4.78 is 5.83. The van der Waals surface area contributed by atoms with Crippen LogP contribution in [-0.2, 0) is 11.2 Å². The second-order valence-corrected chi connectivity index (χ2v) is 7.83. The van der Waals surface area contributed by atoms with Crippen molar-refractivity contribution in [2.24, 2.45) is 0 Å². The normalized spacial score (nSPS) is 14.9. The van der Waals surface area contributed by atoms with Gasteiger partial charge in [0.05, 0.1) is 6.20 Å². The molecule has 5 heteroatoms. The summed E-state index contributed by atoms with van der Waals surface area (Å²) in [5.74, 6) is 1.70. The van der Waals surface area contributed by atoms with E-state index in [1.807, 2.05) is 53.4 Å². The molecule has 0 spiro atoms. The Morgan fingerprint density at radius 1 is 0.968 bits per heavy atom. The van der Waals surface area contributed by atoms with Gasteiger partial charge >= 0.3 is 0 Å². The lowest BCUT2D eigenvalue weighted by atomic mass is 10.2. The molecule has 160 valence electrons. The van der Waals surface area contributed by atoms with Crippen molar-refractivity contribution in [3.05, 3.63) is 84.4 Å². The number of amides is 1. The van der Waals surface area contributed by atoms with Crippen LogP contribution in [0.2, 0.25) is 0 Å². The summed E-state index contributed by atoms with van der Waals surface area (Å²) >= 11 is 0. The maximum Gasteiger partial charge on any atom is 0.222 e. The van der Waals surface area contributed by atoms with E-state index in [4.69, 9.17) is 4.42 Å². The van der Waals surface area contributed by atoms with E-state index in [1.165, 1.54) is 5.56 Å². The number of carbonyl (C=O) groups is 1. The molecule has 5 nitrogen and oxygen atoms in total. The molecule has 0 unspecified atom stereocenters. The number of nitrogens with zero attached hydrogens (tertiary/aromatic N) is 3. The zero-order valence-electron chi connectivity index (χ0n) is 17.8. The quantitative estimate of drug-likeness (QED) is 0.543. The molecular formula is C26H29N3O2. The first kappa shape index (κ1) is 21.1. The van der Waals surface area contributed by atoms with Crippen LogP contribution in [0.15, 0.2) is 77.4 Å². The Labute approximate surface area is 184 Å². The fourth-order valence-electron chi connectivity index (χ4n) is 3.79. The van der Waals surface area contributed by atoms with Crippen LogP contribution in [0.1, 0.15) is 24.3 Å². The standard InChI is InChI=1S/C26H29N3O2/c30-26(15-7-14-25-27-21-24(31-25)23-12-5-2-6-13-23)29-19-17-28(18-20-29)16-8-11-22-9-3-1-4-10-22/h1-6,8-13,21H,7,14-20H2/b11-8+. The monoisotopic (exact) mass is 415 g/mol. The molecule has 0 bridgehead atoms. The third-order valence-corrected chi connectivity index (χ3v) is 5.59. The summed E-state index contributed by atoms with van der Waals surface area (Å²) in [5.41, 5.74) is 2.24. The Morgan fingerprint density at radius 2 is 1.68 bits per heavy atom. The number of benzene rings is 2. The molecular weight excluding hydrogens is 386 g/mol. The summed E-state index contributed by atoms with van der Waals surface area (Å²) in [5, 5.41) is 0. The number of hydrogen-bond acceptors (Lipinski definition) is 4. The first-order valence-corrected chi connectivity index (χ1v) is 11.0. The number of piperazine rings is 1. The zero-order valence-corrected chi connectivity index (χ0v) is 17.8. The average molecular weight is 416 g/mol. The number of rotatable bonds is 8. The molecule has 0 saturated carbocycles. The zero-order chi connectivity index (χ0) is 21.3. The van der Waals surface area contributed by atoms with Gasteiger partial charge in [0.15, 0.2) is 11.7 Å². The molecule has 1 saturated heterocycles. The highest BCUT2D eigenvalue weighted by Gasteiger charge is 2.20. The van der Waals surface area contributed by atoms with Gasteiger partial charge in [-0.25, -0.2) is 4.98 Å². The fourth-order valence-corrected chi connectivity index (χ4v) is 3.79. The van der Waals surface area contributed by atoms with Crippen molar-refractivity contribution in [2.75, 3.05) is 32.7 Å². The number of aryl methyl sites for hydroxylation is 1. The highest BCUT2D eigenvalue weighted by molar-refractivity contribution is 5.76. The lowest BCUT2D eigenvalue weighted by molar-refractivity contribution is -0.132. The molecule has 1 aromatic heterocycles. The summed E-state index contributed by atoms with van der Waals surface area (Å²) in [6.45, 7) is 4.37. The van der Waals surface area contributed by atoms with Crippen LogP contribution in [-0.4, -0.2) is 53.4 Å². The van der Waals surface area contributed by atoms with Crippen molar-refractivity contribution in [3.8, 4) is 11.3 Å². The third-order valence-electron chi connectivity index (χ3n) is 5.59. The smallest absolute Gasteiger partial charge is 0.222 e. The molecule has 0 aliphatic carbocycles. The van der Waals surface area contributed by atoms with E-state index >= 15 is 0 Å². The molecule has 1 fully saturated rings. The van der Waals surface area contributed by atoms with Gasteiger partial charge in [0.2, 0.25) is 5.91 Å². The van der Waals surface area contributed by atoms with E-state index < -0.39 is 0 Å². The van der Waals surface area contributed by atoms with Gasteiger partial charge in [-0.3, -0.25) is 9.69 Å². The van der Waals surface area contributed by atoms with Crippen molar-refractivity contribution in [1.29, 1.82) is 0 Å². The molecule has 0 atom stereocenters. The van der Waals surface area contributed by atoms with Gasteiger partial charge in [-0.15, -0.1) is 0 Å². The predicted octanol–water partition coefficient (Wildman–Crippen LogP) is 4.52. The van der Waals surface area contributed by atoms with Crippen molar-refractivity contribution in [2.45, 2.75) is 19.3 Å². The van der Waals surface area contributed by atoms with Crippen LogP contribution < -0.4 is 0 Å². The number of aromatic nitrogens is 1. The highest BCUT2D eigenvalue weighted by Crippen LogP contribution is 2.20. The first-order chi connectivity index (χ1) is 15.3. The molecule has 4 rings (SSSR count). The minimum atomic E-state index is 0.231. The Hall–Kier alpha value is -3.18. The summed E-state index contributed by atoms with van der Waals surface area (Å²) in [6.07, 6.45) is 8.10. The lowest BCUT2D eigenvalue weighted by Gasteiger charge is -2.34. The van der Waals surface area contributed by atoms with Crippen LogP contribution in [0.4, 0.5) is 0 Å². The van der Waals surface area contributed by atoms with E-state index in [1.54, 1.807) is 6.20 Å². The van der Waals surface area contributed by atoms with Crippen molar-refractivity contribution in [3.63, 3.8) is 0 Å². The Bertz CT molecular complexity index is 974. The molecule has 0 radical (unpaired) electrons. The number of hydrogen-bond donors (Lipinski definition) is 0. The van der Waals surface area contributed by atoms with E-state index in [2.05, 4.69) is 34.2 Å². The van der Waals surface area contributed by atoms with Crippen molar-refractivity contribution >= 4 is 12.0 Å². The van der Waals surface area contributed by atoms with E-state index in [9.17, 15) is 4.79 Å². The minimum absolute atomic E-state index is 0.231. The molecule has 1 amide bonds. The first-order valence-electron chi connectivity index (χ1n) is 11.0. The van der Waals surface area contributed by atoms with Crippen LogP contribution >= 0.6 is 0 Å². The van der Waals surface area contributed by atoms with Gasteiger partial charge in [-0.05, 0) is 12.0 Å². The van der Waals surface area contributed by atoms with Crippen LogP contribution in [0.3, 0.4) is 0 Å². The Morgan fingerprint density at radius 3 is 2.42 bits per heavy atom. The van der Waals surface area contributed by atoms with E-state index in [0.717, 1.165) is 50.5 Å². The SMILES string of the molecule is O=C(CCCc1ncc(-c2ccccc2)o1)N1CCN(C/C=C/c2ccccc2)CC1. The van der Waals surface area contributed by atoms with Crippen molar-refractivity contribution < 1.29 is 9.21 Å². The predicted molar refractivity (Wildman–Crippen MR) is 123 cm³/mol. The van der Waals surface area contributed by atoms with E-state index in [-0.39, 0.29) is 5.91 Å². The molecule has 1 aliphatic rings. The van der Waals surface area contributed by atoms with Gasteiger partial charge in [-0.1, -0.05) is 72.8 Å². The molecule has 31 heavy (non-hydrogen) atoms. The number of oxazole rings is 1. The Balaban J connectivity index is 1.15. The van der Waals surface area contributed by atoms with Crippen LogP contribution in [0.5, 0.6) is 0 Å². The summed E-state index contributed by atoms with van der Waals surface area (Å²) in [6, 6.07) is 20.3. The van der Waals surface area contributed by atoms with Gasteiger partial charge in [-0.2, -0.15) is 0 Å². The third kappa shape index (κ3) is 6.15. The van der Waals surface area contributed by atoms with Gasteiger partial charge in [0.25, 0.3) is 0 Å². The maximum absolute atomic E-state index is 12.6. The molecule has 0 N–H and O–H groups in total. The Kier molecular flexibility index (Phi) is 7.29. The molecule has 1 aliphatic heterocycles. The summed E-state index contributed by atoms with van der Waals surface area (Å²) in [4.78, 5) is 21.3. The molecule has 3 aromatic rings. The van der Waals surface area contributed by atoms with Crippen molar-refractivity contribution in [1.82, 2.24) is 14.8 Å². The second-order valence-electron chi connectivity index (χ2n) is 7.83. The van der Waals surface area contributed by atoms with Gasteiger partial charge < -0.3 is 9.32 Å². The highest BCUT2D eigenvalue weighted by atomic mass is 16.4. The average Bonchev–Trinajstić information content (AvgIpc) is 3.30. The van der Waals surface area contributed by atoms with E-state index in [0.29, 0.717) is 18.7 Å². The van der Waals surface area contributed by atoms with Gasteiger partial charge in [0.1, 0.15) is 0 Å². The van der Waals surface area contributed by atoms with Crippen LogP contribution in [0, 0.1) is 0 Å². The topological polar surface area (TPSA) is 49.6 Å².